The van der Waals surface area contributed by atoms with Crippen molar-refractivity contribution >= 4 is 5.91 Å². The fourth-order valence-corrected chi connectivity index (χ4v) is 7.38. The molecule has 1 amide bonds. The second kappa shape index (κ2) is 35.0. The van der Waals surface area contributed by atoms with Crippen molar-refractivity contribution in [3.8, 4) is 0 Å². The van der Waals surface area contributed by atoms with Crippen LogP contribution >= 0.6 is 0 Å². The second-order valence-corrected chi connectivity index (χ2v) is 16.5. The van der Waals surface area contributed by atoms with Crippen LogP contribution in [0.15, 0.2) is 60.8 Å². The molecular weight excluding hydrogens is 799 g/mol. The average Bonchev–Trinajstić information content (AvgIpc) is 3.27. The molecule has 2 rings (SSSR count). The summed E-state index contributed by atoms with van der Waals surface area (Å²) in [6.07, 6.45) is 24.3. The summed E-state index contributed by atoms with van der Waals surface area (Å²) in [5.74, 6) is -0.230. The summed E-state index contributed by atoms with van der Waals surface area (Å²) in [6.45, 7) is 2.60. The van der Waals surface area contributed by atoms with Gasteiger partial charge in [0.1, 0.15) is 48.8 Å². The molecule has 12 unspecified atom stereocenters. The molecule has 14 nitrogen and oxygen atoms in total. The first-order chi connectivity index (χ1) is 30.1. The third kappa shape index (κ3) is 22.5. The number of aliphatic hydroxyl groups is 8. The lowest BCUT2D eigenvalue weighted by Gasteiger charge is -2.46. The zero-order valence-electron chi connectivity index (χ0n) is 37.6. The summed E-state index contributed by atoms with van der Waals surface area (Å²) >= 11 is 0. The summed E-state index contributed by atoms with van der Waals surface area (Å²) in [6, 6.07) is -0.833. The van der Waals surface area contributed by atoms with Gasteiger partial charge in [-0.3, -0.25) is 4.79 Å². The Labute approximate surface area is 371 Å². The highest BCUT2D eigenvalue weighted by molar-refractivity contribution is 5.76. The summed E-state index contributed by atoms with van der Waals surface area (Å²) in [7, 11) is 0. The number of rotatable bonds is 34. The third-order valence-corrected chi connectivity index (χ3v) is 11.2. The fourth-order valence-electron chi connectivity index (χ4n) is 7.38. The van der Waals surface area contributed by atoms with Gasteiger partial charge in [-0.2, -0.15) is 0 Å². The van der Waals surface area contributed by atoms with Crippen LogP contribution in [0.1, 0.15) is 142 Å². The molecule has 0 radical (unpaired) electrons. The lowest BCUT2D eigenvalue weighted by atomic mass is 9.97. The summed E-state index contributed by atoms with van der Waals surface area (Å²) < 4.78 is 22.6. The van der Waals surface area contributed by atoms with Crippen molar-refractivity contribution in [2.75, 3.05) is 19.8 Å². The smallest absolute Gasteiger partial charge is 0.220 e. The maximum Gasteiger partial charge on any atom is 0.220 e. The quantitative estimate of drug-likeness (QED) is 0.0304. The largest absolute Gasteiger partial charge is 0.394 e. The Morgan fingerprint density at radius 1 is 0.597 bits per heavy atom. The number of carbonyl (C=O) groups excluding carboxylic acids is 1. The van der Waals surface area contributed by atoms with E-state index in [-0.39, 0.29) is 18.9 Å². The van der Waals surface area contributed by atoms with Crippen LogP contribution in [0, 0.1) is 0 Å². The number of nitrogens with one attached hydrogen (secondary N) is 1. The minimum Gasteiger partial charge on any atom is -0.394 e. The van der Waals surface area contributed by atoms with Crippen LogP contribution in [-0.2, 0) is 23.7 Å². The number of aliphatic hydroxyl groups excluding tert-OH is 8. The number of unbranched alkanes of at least 4 members (excludes halogenated alkanes) is 11. The third-order valence-electron chi connectivity index (χ3n) is 11.2. The van der Waals surface area contributed by atoms with Crippen LogP contribution in [0.25, 0.3) is 0 Å². The number of hydrogen-bond donors (Lipinski definition) is 9. The lowest BCUT2D eigenvalue weighted by molar-refractivity contribution is -0.359. The van der Waals surface area contributed by atoms with E-state index in [9.17, 15) is 45.6 Å². The van der Waals surface area contributed by atoms with Gasteiger partial charge in [0.2, 0.25) is 5.91 Å². The van der Waals surface area contributed by atoms with Gasteiger partial charge >= 0.3 is 0 Å². The van der Waals surface area contributed by atoms with E-state index in [1.165, 1.54) is 6.42 Å². The number of carbonyl (C=O) groups is 1. The average molecular weight is 882 g/mol. The fraction of sp³-hybridized carbons (Fsp3) is 0.771. The number of allylic oxidation sites excluding steroid dienone is 10. The van der Waals surface area contributed by atoms with Crippen molar-refractivity contribution in [2.24, 2.45) is 0 Å². The number of amides is 1. The second-order valence-electron chi connectivity index (χ2n) is 16.5. The summed E-state index contributed by atoms with van der Waals surface area (Å²) in [5.41, 5.74) is 0. The molecule has 358 valence electrons. The van der Waals surface area contributed by atoms with Gasteiger partial charge in [0.25, 0.3) is 0 Å². The molecule has 0 aromatic carbocycles. The summed E-state index contributed by atoms with van der Waals surface area (Å²) in [5, 5.41) is 86.2. The Morgan fingerprint density at radius 2 is 1.11 bits per heavy atom. The highest BCUT2D eigenvalue weighted by Gasteiger charge is 2.51. The first-order valence-corrected chi connectivity index (χ1v) is 23.5. The molecule has 0 aromatic rings. The zero-order valence-corrected chi connectivity index (χ0v) is 37.6. The van der Waals surface area contributed by atoms with Crippen LogP contribution in [0.5, 0.6) is 0 Å². The van der Waals surface area contributed by atoms with Gasteiger partial charge in [-0.25, -0.2) is 0 Å². The van der Waals surface area contributed by atoms with Crippen molar-refractivity contribution in [3.05, 3.63) is 60.8 Å². The first kappa shape index (κ1) is 55.8. The van der Waals surface area contributed by atoms with Crippen LogP contribution < -0.4 is 5.32 Å². The van der Waals surface area contributed by atoms with E-state index in [0.29, 0.717) is 12.8 Å². The molecule has 2 heterocycles. The van der Waals surface area contributed by atoms with Gasteiger partial charge < -0.3 is 65.1 Å². The van der Waals surface area contributed by atoms with E-state index in [4.69, 9.17) is 18.9 Å². The van der Waals surface area contributed by atoms with Crippen LogP contribution in [0.2, 0.25) is 0 Å². The Hall–Kier alpha value is -2.31. The lowest BCUT2D eigenvalue weighted by Crippen LogP contribution is -2.65. The van der Waals surface area contributed by atoms with Crippen molar-refractivity contribution < 1.29 is 64.6 Å². The van der Waals surface area contributed by atoms with E-state index < -0.39 is 86.8 Å². The van der Waals surface area contributed by atoms with Gasteiger partial charge in [0.05, 0.1) is 32.0 Å². The van der Waals surface area contributed by atoms with Gasteiger partial charge in [-0.05, 0) is 57.8 Å². The van der Waals surface area contributed by atoms with E-state index in [1.807, 2.05) is 0 Å². The minimum atomic E-state index is -1.78. The molecule has 2 saturated heterocycles. The van der Waals surface area contributed by atoms with Gasteiger partial charge in [-0.1, -0.05) is 139 Å². The normalized spacial score (nSPS) is 28.3. The van der Waals surface area contributed by atoms with Gasteiger partial charge in [-0.15, -0.1) is 0 Å². The highest BCUT2D eigenvalue weighted by Crippen LogP contribution is 2.30. The Morgan fingerprint density at radius 3 is 1.71 bits per heavy atom. The van der Waals surface area contributed by atoms with E-state index in [2.05, 4.69) is 79.9 Å². The Balaban J connectivity index is 1.72. The molecule has 2 aliphatic rings. The van der Waals surface area contributed by atoms with Crippen molar-refractivity contribution in [1.29, 1.82) is 0 Å². The molecule has 0 aliphatic carbocycles. The van der Waals surface area contributed by atoms with E-state index in [1.54, 1.807) is 0 Å². The molecule has 62 heavy (non-hydrogen) atoms. The maximum absolute atomic E-state index is 13.1. The molecule has 0 spiro atoms. The molecular formula is C48H83NO13. The first-order valence-electron chi connectivity index (χ1n) is 23.5. The predicted molar refractivity (Wildman–Crippen MR) is 240 cm³/mol. The van der Waals surface area contributed by atoms with Crippen LogP contribution in [0.3, 0.4) is 0 Å². The molecule has 12 atom stereocenters. The van der Waals surface area contributed by atoms with Gasteiger partial charge in [0.15, 0.2) is 12.6 Å². The zero-order chi connectivity index (χ0) is 45.4. The SMILES string of the molecule is CC/C=C\C/C=C\C/C=C\C/C=C\C/C=C\CCCCCCCCCC(=O)NC(COC1OC(CO)C(OC2OC(CO)C(O)C(O)C2O)C(O)C1O)C(O)CCCCCCC. The minimum absolute atomic E-state index is 0.230. The number of ether oxygens (including phenoxy) is 4. The van der Waals surface area contributed by atoms with Crippen molar-refractivity contribution in [1.82, 2.24) is 5.32 Å². The standard InChI is InChI=1S/C48H83NO13/c1-3-5-7-9-10-11-12-13-14-15-16-17-18-19-20-21-22-23-24-25-26-28-30-32-40(53)49-36(37(52)31-29-27-8-6-4-2)35-59-47-45(58)43(56)46(39(34-51)61-47)62-48-44(57)42(55)41(54)38(33-50)60-48/h5,7,10-11,13-14,16-17,19-20,36-39,41-48,50-52,54-58H,3-4,6,8-9,12,15,18,21-35H2,1-2H3,(H,49,53)/b7-5-,11-10-,14-13-,17-16-,20-19-. The predicted octanol–water partition coefficient (Wildman–Crippen LogP) is 5.10. The molecule has 0 aromatic heterocycles. The van der Waals surface area contributed by atoms with E-state index >= 15 is 0 Å². The molecule has 0 saturated carbocycles. The highest BCUT2D eigenvalue weighted by atomic mass is 16.7. The van der Waals surface area contributed by atoms with Crippen molar-refractivity contribution in [3.63, 3.8) is 0 Å². The topological polar surface area (TPSA) is 228 Å². The van der Waals surface area contributed by atoms with E-state index in [0.717, 1.165) is 103 Å². The maximum atomic E-state index is 13.1. The summed E-state index contributed by atoms with van der Waals surface area (Å²) in [4.78, 5) is 13.1. The molecule has 9 N–H and O–H groups in total. The monoisotopic (exact) mass is 882 g/mol. The Bertz CT molecular complexity index is 1270. The Kier molecular flexibility index (Phi) is 31.5. The molecule has 14 heteroatoms. The van der Waals surface area contributed by atoms with Crippen molar-refractivity contribution in [2.45, 2.75) is 216 Å². The number of hydrogen-bond acceptors (Lipinski definition) is 13. The molecule has 2 fully saturated rings. The molecule has 2 aliphatic heterocycles. The van der Waals surface area contributed by atoms with Crippen LogP contribution in [-0.4, -0.2) is 140 Å². The van der Waals surface area contributed by atoms with Gasteiger partial charge in [0, 0.05) is 6.42 Å². The molecule has 0 bridgehead atoms. The van der Waals surface area contributed by atoms with Crippen LogP contribution in [0.4, 0.5) is 0 Å².